The summed E-state index contributed by atoms with van der Waals surface area (Å²) in [6, 6.07) is 24.6. The van der Waals surface area contributed by atoms with Gasteiger partial charge in [-0.3, -0.25) is 58.2 Å². The summed E-state index contributed by atoms with van der Waals surface area (Å²) in [4.78, 5) is 107. The highest BCUT2D eigenvalue weighted by atomic mass is 32.7. The highest BCUT2D eigenvalue weighted by Gasteiger charge is 2.56. The molecule has 6 aromatic carbocycles. The van der Waals surface area contributed by atoms with Crippen LogP contribution in [0, 0.1) is 141 Å². The molecule has 458 valence electrons. The van der Waals surface area contributed by atoms with Gasteiger partial charge in [-0.2, -0.15) is 0 Å². The highest BCUT2D eigenvalue weighted by molar-refractivity contribution is 8.73. The molecule has 3 aliphatic heterocycles. The van der Waals surface area contributed by atoms with Crippen molar-refractivity contribution in [2.45, 2.75) is 166 Å². The van der Waals surface area contributed by atoms with Crippen LogP contribution in [0.1, 0.15) is 142 Å². The molecule has 0 spiro atoms. The van der Waals surface area contributed by atoms with Crippen LogP contribution < -0.4 is 29.4 Å². The van der Waals surface area contributed by atoms with Gasteiger partial charge < -0.3 is 0 Å². The van der Waals surface area contributed by atoms with Crippen LogP contribution in [0.3, 0.4) is 0 Å². The summed E-state index contributed by atoms with van der Waals surface area (Å²) in [6.45, 7) is 44.1. The summed E-state index contributed by atoms with van der Waals surface area (Å²) < 4.78 is 0. The average Bonchev–Trinajstić information content (AvgIpc) is 0.747. The summed E-state index contributed by atoms with van der Waals surface area (Å²) in [5.41, 5.74) is 15.9. The molecule has 9 rings (SSSR count). The van der Waals surface area contributed by atoms with E-state index in [-0.39, 0.29) is 0 Å². The summed E-state index contributed by atoms with van der Waals surface area (Å²) in [6.07, 6.45) is 0. The molecule has 6 aromatic rings. The average molecular weight is 1250 g/mol. The first kappa shape index (κ1) is 65.5. The third-order valence-electron chi connectivity index (χ3n) is 17.3. The zero-order chi connectivity index (χ0) is 65.2. The predicted molar refractivity (Wildman–Crippen MR) is 373 cm³/mol. The van der Waals surface area contributed by atoms with E-state index in [4.69, 9.17) is 0 Å². The van der Waals surface area contributed by atoms with Crippen molar-refractivity contribution in [2.75, 3.05) is 29.4 Å². The molecule has 0 saturated carbocycles. The van der Waals surface area contributed by atoms with Crippen molar-refractivity contribution < 1.29 is 28.8 Å². The van der Waals surface area contributed by atoms with Crippen molar-refractivity contribution in [1.82, 2.24) is 0 Å². The maximum Gasteiger partial charge on any atom is 0.248 e. The van der Waals surface area contributed by atoms with Gasteiger partial charge in [-0.15, -0.1) is 0 Å². The third-order valence-corrected chi connectivity index (χ3v) is 27.6. The minimum absolute atomic E-state index is 0.348. The molecule has 0 aromatic heterocycles. The Labute approximate surface area is 527 Å². The van der Waals surface area contributed by atoms with Gasteiger partial charge >= 0.3 is 0 Å². The second-order valence-electron chi connectivity index (χ2n) is 26.7. The Balaban J connectivity index is 1.59. The predicted octanol–water partition coefficient (Wildman–Crippen LogP) is 17.2. The molecule has 3 aliphatic rings. The lowest BCUT2D eigenvalue weighted by molar-refractivity contribution is -0.139. The zero-order valence-corrected chi connectivity index (χ0v) is 59.4. The van der Waals surface area contributed by atoms with E-state index in [0.29, 0.717) is 74.4 Å². The number of anilines is 6. The van der Waals surface area contributed by atoms with Crippen molar-refractivity contribution >= 4 is 117 Å². The molecular weight excluding hydrogens is 1170 g/mol. The van der Waals surface area contributed by atoms with Gasteiger partial charge in [0.15, 0.2) is 16.6 Å². The summed E-state index contributed by atoms with van der Waals surface area (Å²) in [5.74, 6) is -2.54. The van der Waals surface area contributed by atoms with Gasteiger partial charge in [0, 0.05) is 0 Å². The van der Waals surface area contributed by atoms with Gasteiger partial charge in [-0.1, -0.05) is 106 Å². The van der Waals surface area contributed by atoms with E-state index in [1.165, 1.54) is 0 Å². The van der Waals surface area contributed by atoms with Gasteiger partial charge in [-0.25, -0.2) is 0 Å². The Hall–Kier alpha value is -6.92. The fourth-order valence-electron chi connectivity index (χ4n) is 13.7. The number of hydrogen-bond acceptors (Lipinski definition) is 6. The molecule has 3 heterocycles. The number of benzene rings is 6. The second-order valence-corrected chi connectivity index (χ2v) is 37.2. The first-order chi connectivity index (χ1) is 40.8. The monoisotopic (exact) mass is 1250 g/mol. The quantitative estimate of drug-likeness (QED) is 0.105. The first-order valence-corrected chi connectivity index (χ1v) is 36.1. The largest absolute Gasteiger partial charge is 0.273 e. The molecule has 6 amide bonds. The standard InChI is InChI=1S/C72H84N6O6P4/c1-37-25-43(7)55(44(8)26-37)73-61(79)70(19,20)62(80)74(56-45(9)27-38(2)28-46(56)10)67(73)85-88(86-68-75(57-47(11)29-39(3)30-48(57)12)63(81)71(21,22)64(82)76(68)58-49(13)31-40(4)32-50(58)14)87-69-77(59-51(15)33-41(5)34-52(59)16)65(83)72(23,24)66(84)78(69)60-53(17)35-42(6)36-54(60)18/h25-36H,1-24H3. The minimum Gasteiger partial charge on any atom is -0.273 e. The number of rotatable bonds is 9. The van der Waals surface area contributed by atoms with Gasteiger partial charge in [0.2, 0.25) is 35.4 Å². The maximum atomic E-state index is 16.1. The van der Waals surface area contributed by atoms with E-state index in [1.807, 2.05) is 125 Å². The Morgan fingerprint density at radius 1 is 0.239 bits per heavy atom. The van der Waals surface area contributed by atoms with E-state index >= 15 is 28.8 Å². The maximum absolute atomic E-state index is 16.1. The minimum atomic E-state index is -2.05. The van der Waals surface area contributed by atoms with E-state index < -0.39 is 58.7 Å². The Kier molecular flexibility index (Phi) is 17.5. The molecule has 0 radical (unpaired) electrons. The number of hydrogen-bond donors (Lipinski definition) is 0. The molecule has 0 unspecified atom stereocenters. The van der Waals surface area contributed by atoms with Crippen molar-refractivity contribution in [2.24, 2.45) is 16.2 Å². The molecule has 0 bridgehead atoms. The van der Waals surface area contributed by atoms with Gasteiger partial charge in [0.05, 0.1) is 41.1 Å². The molecule has 0 aliphatic carbocycles. The van der Waals surface area contributed by atoms with Crippen LogP contribution in [0.4, 0.5) is 34.1 Å². The fourth-order valence-corrected chi connectivity index (χ4v) is 25.0. The van der Waals surface area contributed by atoms with Gasteiger partial charge in [-0.05, 0) is 257 Å². The number of carbonyl (C=O) groups is 6. The summed E-state index contributed by atoms with van der Waals surface area (Å²) in [7, 11) is 1.28. The lowest BCUT2D eigenvalue weighted by atomic mass is 9.86. The van der Waals surface area contributed by atoms with Crippen molar-refractivity contribution in [1.29, 1.82) is 0 Å². The normalized spacial score (nSPS) is 17.5. The molecule has 3 fully saturated rings. The molecular formula is C72H84N6O6P4. The third kappa shape index (κ3) is 11.0. The van der Waals surface area contributed by atoms with Crippen LogP contribution in [0.5, 0.6) is 0 Å². The van der Waals surface area contributed by atoms with Gasteiger partial charge in [0.25, 0.3) is 0 Å². The van der Waals surface area contributed by atoms with Crippen molar-refractivity contribution in [3.8, 4) is 0 Å². The molecule has 12 nitrogen and oxygen atoms in total. The van der Waals surface area contributed by atoms with Crippen LogP contribution in [0.25, 0.3) is 0 Å². The molecule has 0 N–H and O–H groups in total. The number of amides is 6. The zero-order valence-electron chi connectivity index (χ0n) is 55.8. The highest BCUT2D eigenvalue weighted by Crippen LogP contribution is 2.74. The van der Waals surface area contributed by atoms with E-state index in [0.717, 1.165) is 100 Å². The van der Waals surface area contributed by atoms with Crippen LogP contribution in [0.15, 0.2) is 72.8 Å². The topological polar surface area (TPSA) is 122 Å². The van der Waals surface area contributed by atoms with Crippen LogP contribution in [-0.2, 0) is 28.8 Å². The van der Waals surface area contributed by atoms with E-state index in [9.17, 15) is 0 Å². The Morgan fingerprint density at radius 2 is 0.352 bits per heavy atom. The molecule has 3 saturated heterocycles. The second kappa shape index (κ2) is 23.5. The van der Waals surface area contributed by atoms with Gasteiger partial charge in [0.1, 0.15) is 16.2 Å². The van der Waals surface area contributed by atoms with Crippen LogP contribution in [0.2, 0.25) is 0 Å². The molecule has 16 heteroatoms. The Bertz CT molecular complexity index is 3380. The lowest BCUT2D eigenvalue weighted by Crippen LogP contribution is -2.65. The van der Waals surface area contributed by atoms with Crippen LogP contribution >= 0.6 is 30.7 Å². The van der Waals surface area contributed by atoms with Crippen molar-refractivity contribution in [3.05, 3.63) is 173 Å². The summed E-state index contributed by atoms with van der Waals surface area (Å²) in [5, 5.41) is 0. The SMILES string of the molecule is Cc1cc(C)c(N2C(=O)C(C)(C)C(=O)N(c3c(C)cc(C)cc3C)C2=PP(P=C2N(c3c(C)cc(C)cc3C)C(=O)C(C)(C)C(=O)N2c2c(C)cc(C)cc2C)P=C2N(c3c(C)cc(C)cc3C)C(=O)C(C)(C)C(=O)N2c2c(C)cc(C)cc2C)c(C)c1. The summed E-state index contributed by atoms with van der Waals surface area (Å²) >= 11 is 0. The molecule has 88 heavy (non-hydrogen) atoms. The number of nitrogens with zero attached hydrogens (tertiary/aromatic N) is 6. The fraction of sp³-hybridized carbons (Fsp3) is 0.375. The Morgan fingerprint density at radius 3 is 0.466 bits per heavy atom. The first-order valence-electron chi connectivity index (χ1n) is 29.9. The van der Waals surface area contributed by atoms with Crippen molar-refractivity contribution in [3.63, 3.8) is 0 Å². The van der Waals surface area contributed by atoms with E-state index in [1.54, 1.807) is 70.9 Å². The number of aryl methyl sites for hydroxylation is 18. The molecule has 0 atom stereocenters. The number of carbonyl (C=O) groups excluding carboxylic acids is 6. The lowest BCUT2D eigenvalue weighted by Gasteiger charge is -2.47. The smallest absolute Gasteiger partial charge is 0.248 e. The van der Waals surface area contributed by atoms with Crippen LogP contribution in [-0.4, -0.2) is 52.1 Å². The van der Waals surface area contributed by atoms with E-state index in [2.05, 4.69) is 72.8 Å².